The smallest absolute Gasteiger partial charge is 0.304 e. The topological polar surface area (TPSA) is 104 Å². The van der Waals surface area contributed by atoms with Crippen molar-refractivity contribution in [3.63, 3.8) is 0 Å². The lowest BCUT2D eigenvalue weighted by atomic mass is 9.88. The van der Waals surface area contributed by atoms with Crippen LogP contribution in [0, 0.1) is 5.41 Å². The van der Waals surface area contributed by atoms with Gasteiger partial charge in [-0.2, -0.15) is 0 Å². The molecule has 1 aromatic rings. The van der Waals surface area contributed by atoms with Crippen LogP contribution in [-0.4, -0.2) is 37.8 Å². The highest BCUT2D eigenvalue weighted by Crippen LogP contribution is 2.21. The highest BCUT2D eigenvalue weighted by Gasteiger charge is 2.29. The molecule has 0 saturated heterocycles. The molecule has 0 amide bonds. The van der Waals surface area contributed by atoms with E-state index in [0.717, 1.165) is 0 Å². The number of sulfonamides is 1. The Hall–Kier alpha value is -1.15. The third-order valence-electron chi connectivity index (χ3n) is 2.77. The molecular formula is C12H16ClNO5S. The van der Waals surface area contributed by atoms with Gasteiger partial charge in [-0.05, 0) is 24.3 Å². The van der Waals surface area contributed by atoms with Gasteiger partial charge in [-0.3, -0.25) is 4.79 Å². The van der Waals surface area contributed by atoms with Crippen LogP contribution >= 0.6 is 11.6 Å². The maximum atomic E-state index is 12.0. The molecule has 0 fully saturated rings. The second-order valence-corrected chi connectivity index (χ2v) is 7.02. The molecular weight excluding hydrogens is 306 g/mol. The molecule has 0 heterocycles. The van der Waals surface area contributed by atoms with Crippen LogP contribution in [-0.2, 0) is 14.8 Å². The molecule has 0 spiro atoms. The average molecular weight is 322 g/mol. The van der Waals surface area contributed by atoms with Crippen LogP contribution in [0.3, 0.4) is 0 Å². The van der Waals surface area contributed by atoms with E-state index in [9.17, 15) is 18.3 Å². The second-order valence-electron chi connectivity index (χ2n) is 4.82. The van der Waals surface area contributed by atoms with Crippen molar-refractivity contribution < 1.29 is 23.4 Å². The number of aliphatic hydroxyl groups is 1. The summed E-state index contributed by atoms with van der Waals surface area (Å²) in [6.45, 7) is 0.870. The van der Waals surface area contributed by atoms with E-state index in [1.807, 2.05) is 0 Å². The summed E-state index contributed by atoms with van der Waals surface area (Å²) in [5.74, 6) is -1.10. The third-order valence-corrected chi connectivity index (χ3v) is 4.44. The first-order chi connectivity index (χ1) is 9.18. The van der Waals surface area contributed by atoms with Crippen molar-refractivity contribution in [1.29, 1.82) is 0 Å². The van der Waals surface area contributed by atoms with Gasteiger partial charge in [0, 0.05) is 17.0 Å². The summed E-state index contributed by atoms with van der Waals surface area (Å²) in [5.41, 5.74) is -1.06. The number of carbonyl (C=O) groups is 1. The number of benzene rings is 1. The number of hydrogen-bond donors (Lipinski definition) is 3. The van der Waals surface area contributed by atoms with Gasteiger partial charge in [-0.15, -0.1) is 0 Å². The summed E-state index contributed by atoms with van der Waals surface area (Å²) < 4.78 is 26.3. The minimum atomic E-state index is -3.77. The molecule has 20 heavy (non-hydrogen) atoms. The highest BCUT2D eigenvalue weighted by molar-refractivity contribution is 7.89. The van der Waals surface area contributed by atoms with Crippen LogP contribution in [0.5, 0.6) is 0 Å². The summed E-state index contributed by atoms with van der Waals surface area (Å²) in [6, 6.07) is 5.58. The molecule has 1 aromatic carbocycles. The Morgan fingerprint density at radius 1 is 1.35 bits per heavy atom. The Morgan fingerprint density at radius 3 is 2.35 bits per heavy atom. The maximum Gasteiger partial charge on any atom is 0.304 e. The predicted molar refractivity (Wildman–Crippen MR) is 74.1 cm³/mol. The molecule has 0 aromatic heterocycles. The van der Waals surface area contributed by atoms with E-state index in [2.05, 4.69) is 4.72 Å². The standard InChI is InChI=1S/C12H16ClNO5S/c1-12(8-15,6-11(16)17)7-14-20(18,19)10-4-2-9(13)3-5-10/h2-5,14-15H,6-8H2,1H3,(H,16,17). The SMILES string of the molecule is CC(CO)(CNS(=O)(=O)c1ccc(Cl)cc1)CC(=O)O. The van der Waals surface area contributed by atoms with Gasteiger partial charge in [0.1, 0.15) is 0 Å². The molecule has 1 rings (SSSR count). The summed E-state index contributed by atoms with van der Waals surface area (Å²) in [6.07, 6.45) is -0.341. The van der Waals surface area contributed by atoms with E-state index in [1.54, 1.807) is 0 Å². The van der Waals surface area contributed by atoms with Gasteiger partial charge >= 0.3 is 5.97 Å². The predicted octanol–water partition coefficient (Wildman–Crippen LogP) is 1.09. The van der Waals surface area contributed by atoms with Crippen LogP contribution in [0.2, 0.25) is 5.02 Å². The number of aliphatic hydroxyl groups excluding tert-OH is 1. The second kappa shape index (κ2) is 6.53. The van der Waals surface area contributed by atoms with Gasteiger partial charge in [-0.25, -0.2) is 13.1 Å². The van der Waals surface area contributed by atoms with Gasteiger partial charge in [0.2, 0.25) is 10.0 Å². The van der Waals surface area contributed by atoms with Crippen molar-refractivity contribution >= 4 is 27.6 Å². The fourth-order valence-electron chi connectivity index (χ4n) is 1.51. The Bertz CT molecular complexity index is 572. The van der Waals surface area contributed by atoms with Crippen molar-refractivity contribution in [2.24, 2.45) is 5.41 Å². The number of carboxylic acid groups (broad SMARTS) is 1. The molecule has 3 N–H and O–H groups in total. The molecule has 112 valence electrons. The molecule has 0 bridgehead atoms. The number of halogens is 1. The first kappa shape index (κ1) is 16.9. The zero-order valence-electron chi connectivity index (χ0n) is 10.8. The molecule has 6 nitrogen and oxygen atoms in total. The summed E-state index contributed by atoms with van der Waals surface area (Å²) >= 11 is 5.68. The largest absolute Gasteiger partial charge is 0.481 e. The maximum absolute atomic E-state index is 12.0. The van der Waals surface area contributed by atoms with Gasteiger partial charge < -0.3 is 10.2 Å². The molecule has 0 aliphatic rings. The Balaban J connectivity index is 2.81. The van der Waals surface area contributed by atoms with Crippen LogP contribution in [0.15, 0.2) is 29.2 Å². The molecule has 8 heteroatoms. The van der Waals surface area contributed by atoms with Gasteiger partial charge in [0.25, 0.3) is 0 Å². The lowest BCUT2D eigenvalue weighted by molar-refractivity contribution is -0.140. The van der Waals surface area contributed by atoms with E-state index in [4.69, 9.17) is 16.7 Å². The first-order valence-corrected chi connectivity index (χ1v) is 7.62. The van der Waals surface area contributed by atoms with E-state index < -0.39 is 28.0 Å². The fourth-order valence-corrected chi connectivity index (χ4v) is 2.83. The lowest BCUT2D eigenvalue weighted by Gasteiger charge is -2.25. The molecule has 0 radical (unpaired) electrons. The monoisotopic (exact) mass is 321 g/mol. The summed E-state index contributed by atoms with van der Waals surface area (Å²) in [7, 11) is -3.77. The van der Waals surface area contributed by atoms with E-state index in [-0.39, 0.29) is 17.9 Å². The van der Waals surface area contributed by atoms with Crippen molar-refractivity contribution in [3.05, 3.63) is 29.3 Å². The molecule has 0 aliphatic heterocycles. The Morgan fingerprint density at radius 2 is 1.90 bits per heavy atom. The number of aliphatic carboxylic acids is 1. The highest BCUT2D eigenvalue weighted by atomic mass is 35.5. The molecule has 0 saturated carbocycles. The Kier molecular flexibility index (Phi) is 5.52. The van der Waals surface area contributed by atoms with Gasteiger partial charge in [0.15, 0.2) is 0 Å². The van der Waals surface area contributed by atoms with Crippen molar-refractivity contribution in [1.82, 2.24) is 4.72 Å². The number of hydrogen-bond acceptors (Lipinski definition) is 4. The van der Waals surface area contributed by atoms with E-state index in [0.29, 0.717) is 5.02 Å². The number of nitrogens with one attached hydrogen (secondary N) is 1. The van der Waals surface area contributed by atoms with Crippen LogP contribution in [0.4, 0.5) is 0 Å². The minimum Gasteiger partial charge on any atom is -0.481 e. The zero-order valence-corrected chi connectivity index (χ0v) is 12.4. The minimum absolute atomic E-state index is 0.0255. The van der Waals surface area contributed by atoms with Crippen molar-refractivity contribution in [3.8, 4) is 0 Å². The number of carboxylic acids is 1. The summed E-state index contributed by atoms with van der Waals surface area (Å²) in [4.78, 5) is 10.7. The normalized spacial score (nSPS) is 14.8. The third kappa shape index (κ3) is 4.75. The molecule has 1 unspecified atom stereocenters. The quantitative estimate of drug-likeness (QED) is 0.697. The fraction of sp³-hybridized carbons (Fsp3) is 0.417. The molecule has 0 aliphatic carbocycles. The Labute approximate surface area is 122 Å². The van der Waals surface area contributed by atoms with E-state index in [1.165, 1.54) is 31.2 Å². The van der Waals surface area contributed by atoms with E-state index >= 15 is 0 Å². The van der Waals surface area contributed by atoms with Crippen LogP contribution in [0.1, 0.15) is 13.3 Å². The first-order valence-electron chi connectivity index (χ1n) is 5.76. The lowest BCUT2D eigenvalue weighted by Crippen LogP contribution is -2.39. The summed E-state index contributed by atoms with van der Waals surface area (Å²) in [5, 5.41) is 18.4. The number of rotatable bonds is 7. The van der Waals surface area contributed by atoms with Crippen molar-refractivity contribution in [2.45, 2.75) is 18.2 Å². The van der Waals surface area contributed by atoms with Crippen molar-refractivity contribution in [2.75, 3.05) is 13.2 Å². The van der Waals surface area contributed by atoms with Gasteiger partial charge in [-0.1, -0.05) is 18.5 Å². The van der Waals surface area contributed by atoms with Crippen LogP contribution < -0.4 is 4.72 Å². The van der Waals surface area contributed by atoms with Crippen LogP contribution in [0.25, 0.3) is 0 Å². The van der Waals surface area contributed by atoms with Gasteiger partial charge in [0.05, 0.1) is 17.9 Å². The molecule has 1 atom stereocenters. The zero-order chi connectivity index (χ0) is 15.4. The average Bonchev–Trinajstić information content (AvgIpc) is 2.36.